The highest BCUT2D eigenvalue weighted by atomic mass is 19.1. The topological polar surface area (TPSA) is 67.3 Å². The quantitative estimate of drug-likeness (QED) is 0.586. The van der Waals surface area contributed by atoms with Crippen molar-refractivity contribution in [2.75, 3.05) is 0 Å². The smallest absolute Gasteiger partial charge is 0.184 e. The monoisotopic (exact) mass is 367 g/mol. The van der Waals surface area contributed by atoms with Crippen molar-refractivity contribution in [3.63, 3.8) is 0 Å². The van der Waals surface area contributed by atoms with Gasteiger partial charge in [0.25, 0.3) is 0 Å². The van der Waals surface area contributed by atoms with E-state index >= 15 is 0 Å². The minimum absolute atomic E-state index is 0.133. The number of halogens is 3. The van der Waals surface area contributed by atoms with Crippen LogP contribution in [0, 0.1) is 24.4 Å². The molecule has 8 heteroatoms. The van der Waals surface area contributed by atoms with E-state index in [0.29, 0.717) is 11.3 Å². The van der Waals surface area contributed by atoms with Gasteiger partial charge in [0.05, 0.1) is 18.0 Å². The molecule has 4 rings (SSSR count). The number of aryl methyl sites for hydroxylation is 1. The molecule has 0 aliphatic carbocycles. The molecule has 0 unspecified atom stereocenters. The van der Waals surface area contributed by atoms with Gasteiger partial charge >= 0.3 is 0 Å². The van der Waals surface area contributed by atoms with Gasteiger partial charge in [-0.3, -0.25) is 10.1 Å². The number of nitrogens with zero attached hydrogens (tertiary/aromatic N) is 4. The van der Waals surface area contributed by atoms with Crippen LogP contribution in [0.1, 0.15) is 5.69 Å². The van der Waals surface area contributed by atoms with Gasteiger partial charge in [-0.2, -0.15) is 5.10 Å². The molecule has 3 aromatic heterocycles. The summed E-state index contributed by atoms with van der Waals surface area (Å²) >= 11 is 0. The Bertz CT molecular complexity index is 1140. The zero-order chi connectivity index (χ0) is 19.0. The molecule has 1 N–H and O–H groups in total. The molecule has 0 amide bonds. The Morgan fingerprint density at radius 1 is 0.852 bits per heavy atom. The molecule has 27 heavy (non-hydrogen) atoms. The molecular formula is C19H12F3N5. The van der Waals surface area contributed by atoms with Gasteiger partial charge in [-0.05, 0) is 31.2 Å². The van der Waals surface area contributed by atoms with Crippen molar-refractivity contribution in [1.82, 2.24) is 25.1 Å². The summed E-state index contributed by atoms with van der Waals surface area (Å²) in [4.78, 5) is 12.1. The van der Waals surface area contributed by atoms with Gasteiger partial charge in [-0.15, -0.1) is 0 Å². The Morgan fingerprint density at radius 3 is 2.48 bits per heavy atom. The maximum absolute atomic E-state index is 14.3. The van der Waals surface area contributed by atoms with Crippen molar-refractivity contribution in [2.45, 2.75) is 6.92 Å². The first-order chi connectivity index (χ1) is 13.0. The molecule has 134 valence electrons. The van der Waals surface area contributed by atoms with Crippen LogP contribution >= 0.6 is 0 Å². The lowest BCUT2D eigenvalue weighted by Crippen LogP contribution is -1.96. The Kier molecular flexibility index (Phi) is 4.15. The van der Waals surface area contributed by atoms with E-state index < -0.39 is 17.5 Å². The minimum Gasteiger partial charge on any atom is -0.258 e. The largest absolute Gasteiger partial charge is 0.258 e. The average molecular weight is 367 g/mol. The lowest BCUT2D eigenvalue weighted by molar-refractivity contribution is 0.616. The Balaban J connectivity index is 1.78. The zero-order valence-corrected chi connectivity index (χ0v) is 14.0. The fourth-order valence-electron chi connectivity index (χ4n) is 2.69. The van der Waals surface area contributed by atoms with Crippen molar-refractivity contribution < 1.29 is 13.2 Å². The van der Waals surface area contributed by atoms with Crippen LogP contribution in [0.25, 0.3) is 34.0 Å². The van der Waals surface area contributed by atoms with E-state index in [1.54, 1.807) is 25.1 Å². The van der Waals surface area contributed by atoms with Gasteiger partial charge < -0.3 is 0 Å². The van der Waals surface area contributed by atoms with E-state index in [-0.39, 0.29) is 28.5 Å². The maximum Gasteiger partial charge on any atom is 0.184 e. The van der Waals surface area contributed by atoms with E-state index in [1.165, 1.54) is 18.2 Å². The lowest BCUT2D eigenvalue weighted by atomic mass is 10.0. The number of aromatic nitrogens is 5. The van der Waals surface area contributed by atoms with Crippen molar-refractivity contribution >= 4 is 0 Å². The summed E-state index contributed by atoms with van der Waals surface area (Å²) in [5.74, 6) is -1.27. The van der Waals surface area contributed by atoms with Crippen LogP contribution in [-0.4, -0.2) is 25.1 Å². The number of rotatable bonds is 3. The number of nitrogens with one attached hydrogen (secondary N) is 1. The molecule has 0 radical (unpaired) electrons. The Morgan fingerprint density at radius 2 is 1.67 bits per heavy atom. The summed E-state index contributed by atoms with van der Waals surface area (Å²) in [7, 11) is 0. The van der Waals surface area contributed by atoms with Gasteiger partial charge in [-0.25, -0.2) is 23.1 Å². The van der Waals surface area contributed by atoms with Crippen molar-refractivity contribution in [2.24, 2.45) is 0 Å². The SMILES string of the molecule is Cc1ncc(F)cc1-c1cc(-c2nc(-c3ccccc3F)n[nH]2)ncc1F. The number of pyridine rings is 2. The molecular weight excluding hydrogens is 355 g/mol. The van der Waals surface area contributed by atoms with Gasteiger partial charge in [-0.1, -0.05) is 12.1 Å². The normalized spacial score (nSPS) is 11.0. The van der Waals surface area contributed by atoms with Gasteiger partial charge in [0, 0.05) is 16.8 Å². The summed E-state index contributed by atoms with van der Waals surface area (Å²) in [5, 5.41) is 6.67. The predicted octanol–water partition coefficient (Wildman–Crippen LogP) is 4.32. The van der Waals surface area contributed by atoms with Crippen LogP contribution in [0.5, 0.6) is 0 Å². The third-order valence-electron chi connectivity index (χ3n) is 4.04. The highest BCUT2D eigenvalue weighted by molar-refractivity contribution is 5.70. The molecule has 0 atom stereocenters. The second kappa shape index (κ2) is 6.64. The second-order valence-corrected chi connectivity index (χ2v) is 5.82. The van der Waals surface area contributed by atoms with E-state index in [4.69, 9.17) is 0 Å². The minimum atomic E-state index is -0.622. The van der Waals surface area contributed by atoms with Gasteiger partial charge in [0.1, 0.15) is 23.1 Å². The lowest BCUT2D eigenvalue weighted by Gasteiger charge is -2.07. The summed E-state index contributed by atoms with van der Waals surface area (Å²) < 4.78 is 41.8. The van der Waals surface area contributed by atoms with E-state index in [0.717, 1.165) is 12.4 Å². The van der Waals surface area contributed by atoms with Crippen molar-refractivity contribution in [3.8, 4) is 34.0 Å². The molecule has 0 fully saturated rings. The number of benzene rings is 1. The first-order valence-electron chi connectivity index (χ1n) is 7.98. The molecule has 0 bridgehead atoms. The Hall–Kier alpha value is -3.55. The molecule has 4 aromatic rings. The van der Waals surface area contributed by atoms with Crippen molar-refractivity contribution in [3.05, 3.63) is 71.9 Å². The molecule has 0 aliphatic heterocycles. The summed E-state index contributed by atoms with van der Waals surface area (Å²) in [6, 6.07) is 8.71. The fourth-order valence-corrected chi connectivity index (χ4v) is 2.69. The highest BCUT2D eigenvalue weighted by Gasteiger charge is 2.16. The average Bonchev–Trinajstić information content (AvgIpc) is 3.14. The molecule has 1 aromatic carbocycles. The first kappa shape index (κ1) is 16.9. The van der Waals surface area contributed by atoms with Crippen LogP contribution in [-0.2, 0) is 0 Å². The fraction of sp³-hybridized carbons (Fsp3) is 0.0526. The van der Waals surface area contributed by atoms with Crippen LogP contribution in [0.3, 0.4) is 0 Å². The standard InChI is InChI=1S/C19H12F3N5/c1-10-13(6-11(20)8-23-10)14-7-17(24-9-16(14)22)19-25-18(26-27-19)12-4-2-3-5-15(12)21/h2-9H,1H3,(H,25,26,27). The maximum atomic E-state index is 14.3. The second-order valence-electron chi connectivity index (χ2n) is 5.82. The van der Waals surface area contributed by atoms with Crippen LogP contribution < -0.4 is 0 Å². The van der Waals surface area contributed by atoms with Gasteiger partial charge in [0.2, 0.25) is 0 Å². The number of H-pyrrole nitrogens is 1. The first-order valence-corrected chi connectivity index (χ1v) is 7.98. The third kappa shape index (κ3) is 3.17. The zero-order valence-electron chi connectivity index (χ0n) is 14.0. The Labute approximate surface area is 152 Å². The molecule has 0 aliphatic rings. The molecule has 5 nitrogen and oxygen atoms in total. The molecule has 0 spiro atoms. The van der Waals surface area contributed by atoms with Crippen LogP contribution in [0.15, 0.2) is 48.8 Å². The predicted molar refractivity (Wildman–Crippen MR) is 92.9 cm³/mol. The summed E-state index contributed by atoms with van der Waals surface area (Å²) in [6.07, 6.45) is 2.08. The molecule has 0 saturated carbocycles. The number of hydrogen-bond donors (Lipinski definition) is 1. The van der Waals surface area contributed by atoms with Crippen LogP contribution in [0.4, 0.5) is 13.2 Å². The third-order valence-corrected chi connectivity index (χ3v) is 4.04. The van der Waals surface area contributed by atoms with Crippen molar-refractivity contribution in [1.29, 1.82) is 0 Å². The highest BCUT2D eigenvalue weighted by Crippen LogP contribution is 2.29. The molecule has 0 saturated heterocycles. The van der Waals surface area contributed by atoms with E-state index in [1.807, 2.05) is 0 Å². The van der Waals surface area contributed by atoms with Crippen LogP contribution in [0.2, 0.25) is 0 Å². The van der Waals surface area contributed by atoms with Gasteiger partial charge in [0.15, 0.2) is 11.6 Å². The van der Waals surface area contributed by atoms with E-state index in [9.17, 15) is 13.2 Å². The number of aromatic amines is 1. The van der Waals surface area contributed by atoms with E-state index in [2.05, 4.69) is 25.1 Å². The number of hydrogen-bond acceptors (Lipinski definition) is 4. The summed E-state index contributed by atoms with van der Waals surface area (Å²) in [5.41, 5.74) is 1.42. The molecule has 3 heterocycles. The summed E-state index contributed by atoms with van der Waals surface area (Å²) in [6.45, 7) is 1.65.